The van der Waals surface area contributed by atoms with Crippen LogP contribution in [0.3, 0.4) is 0 Å². The zero-order chi connectivity index (χ0) is 19.2. The molecule has 0 bridgehead atoms. The lowest BCUT2D eigenvalue weighted by molar-refractivity contribution is 0.0951. The molecule has 27 heavy (non-hydrogen) atoms. The fourth-order valence-corrected chi connectivity index (χ4v) is 3.08. The van der Waals surface area contributed by atoms with E-state index < -0.39 is 0 Å². The van der Waals surface area contributed by atoms with Crippen LogP contribution in [0.2, 0.25) is 10.0 Å². The summed E-state index contributed by atoms with van der Waals surface area (Å²) in [4.78, 5) is 12.3. The molecule has 0 saturated heterocycles. The molecule has 0 aliphatic carbocycles. The van der Waals surface area contributed by atoms with Crippen LogP contribution < -0.4 is 10.1 Å². The summed E-state index contributed by atoms with van der Waals surface area (Å²) in [6, 6.07) is 12.5. The topological polar surface area (TPSA) is 56.2 Å². The molecule has 1 heterocycles. The molecule has 0 aliphatic heterocycles. The van der Waals surface area contributed by atoms with Gasteiger partial charge in [-0.1, -0.05) is 41.4 Å². The van der Waals surface area contributed by atoms with E-state index in [0.717, 1.165) is 10.0 Å². The smallest absolute Gasteiger partial charge is 0.251 e. The summed E-state index contributed by atoms with van der Waals surface area (Å²) in [5.74, 6) is 0.355. The van der Waals surface area contributed by atoms with Gasteiger partial charge in [-0.05, 0) is 45.8 Å². The minimum absolute atomic E-state index is 0.149. The minimum atomic E-state index is -0.149. The van der Waals surface area contributed by atoms with E-state index in [2.05, 4.69) is 26.3 Å². The molecule has 140 valence electrons. The molecular formula is C19H16BrCl2N3O2. The molecule has 0 radical (unpaired) electrons. The second kappa shape index (κ2) is 9.26. The Labute approximate surface area is 175 Å². The summed E-state index contributed by atoms with van der Waals surface area (Å²) >= 11 is 15.4. The van der Waals surface area contributed by atoms with Crippen molar-refractivity contribution < 1.29 is 9.53 Å². The predicted octanol–water partition coefficient (Wildman–Crippen LogP) is 4.96. The highest BCUT2D eigenvalue weighted by Crippen LogP contribution is 2.31. The first-order chi connectivity index (χ1) is 13.0. The summed E-state index contributed by atoms with van der Waals surface area (Å²) in [5, 5.41) is 7.84. The van der Waals surface area contributed by atoms with Crippen LogP contribution >= 0.6 is 39.1 Å². The van der Waals surface area contributed by atoms with Gasteiger partial charge in [0.2, 0.25) is 0 Å². The highest BCUT2D eigenvalue weighted by molar-refractivity contribution is 9.10. The molecule has 1 N–H and O–H groups in total. The second-order valence-corrected chi connectivity index (χ2v) is 7.42. The number of hydrogen-bond donors (Lipinski definition) is 1. The van der Waals surface area contributed by atoms with Crippen LogP contribution in [0, 0.1) is 0 Å². The number of halogens is 3. The Bertz CT molecular complexity index is 946. The number of hydrogen-bond acceptors (Lipinski definition) is 3. The van der Waals surface area contributed by atoms with Gasteiger partial charge < -0.3 is 10.1 Å². The highest BCUT2D eigenvalue weighted by Gasteiger charge is 2.08. The first-order valence-electron chi connectivity index (χ1n) is 8.15. The van der Waals surface area contributed by atoms with Crippen LogP contribution in [0.4, 0.5) is 0 Å². The van der Waals surface area contributed by atoms with E-state index >= 15 is 0 Å². The molecule has 5 nitrogen and oxygen atoms in total. The molecule has 0 unspecified atom stereocenters. The number of ether oxygens (including phenoxy) is 1. The summed E-state index contributed by atoms with van der Waals surface area (Å²) in [6.45, 7) is 1.35. The third kappa shape index (κ3) is 5.48. The number of rotatable bonds is 7. The van der Waals surface area contributed by atoms with Crippen molar-refractivity contribution in [3.63, 3.8) is 0 Å². The minimum Gasteiger partial charge on any atom is -0.487 e. The van der Waals surface area contributed by atoms with E-state index in [0.29, 0.717) is 34.4 Å². The van der Waals surface area contributed by atoms with E-state index in [1.165, 1.54) is 0 Å². The van der Waals surface area contributed by atoms with E-state index in [9.17, 15) is 4.79 Å². The van der Waals surface area contributed by atoms with Crippen molar-refractivity contribution in [3.8, 4) is 5.75 Å². The molecule has 0 spiro atoms. The maximum absolute atomic E-state index is 12.3. The van der Waals surface area contributed by atoms with Crippen LogP contribution in [0.25, 0.3) is 0 Å². The van der Waals surface area contributed by atoms with Gasteiger partial charge in [0.05, 0.1) is 22.2 Å². The largest absolute Gasteiger partial charge is 0.487 e. The maximum atomic E-state index is 12.3. The summed E-state index contributed by atoms with van der Waals surface area (Å²) in [7, 11) is 0. The van der Waals surface area contributed by atoms with Crippen LogP contribution in [0.1, 0.15) is 15.9 Å². The summed E-state index contributed by atoms with van der Waals surface area (Å²) < 4.78 is 8.37. The lowest BCUT2D eigenvalue weighted by Crippen LogP contribution is -2.27. The number of aromatic nitrogens is 2. The fraction of sp³-hybridized carbons (Fsp3) is 0.158. The average Bonchev–Trinajstić information content (AvgIpc) is 3.08. The van der Waals surface area contributed by atoms with Crippen molar-refractivity contribution >= 4 is 45.0 Å². The lowest BCUT2D eigenvalue weighted by atomic mass is 10.1. The normalized spacial score (nSPS) is 10.6. The quantitative estimate of drug-likeness (QED) is 0.533. The second-order valence-electron chi connectivity index (χ2n) is 5.72. The number of nitrogens with zero attached hydrogens (tertiary/aromatic N) is 2. The monoisotopic (exact) mass is 467 g/mol. The molecule has 0 atom stereocenters. The zero-order valence-corrected chi connectivity index (χ0v) is 17.3. The van der Waals surface area contributed by atoms with Gasteiger partial charge in [0.1, 0.15) is 17.4 Å². The molecule has 8 heteroatoms. The van der Waals surface area contributed by atoms with E-state index in [4.69, 9.17) is 27.9 Å². The van der Waals surface area contributed by atoms with Crippen LogP contribution in [-0.2, 0) is 13.2 Å². The Kier molecular flexibility index (Phi) is 6.77. The molecule has 0 fully saturated rings. The number of benzene rings is 2. The Balaban J connectivity index is 1.56. The first kappa shape index (κ1) is 19.7. The van der Waals surface area contributed by atoms with Crippen molar-refractivity contribution in [3.05, 3.63) is 80.5 Å². The maximum Gasteiger partial charge on any atom is 0.251 e. The third-order valence-corrected chi connectivity index (χ3v) is 4.94. The van der Waals surface area contributed by atoms with Gasteiger partial charge in [-0.3, -0.25) is 9.48 Å². The van der Waals surface area contributed by atoms with Gasteiger partial charge >= 0.3 is 0 Å². The fourth-order valence-electron chi connectivity index (χ4n) is 2.41. The Morgan fingerprint density at radius 2 is 2.04 bits per heavy atom. The van der Waals surface area contributed by atoms with E-state index in [-0.39, 0.29) is 12.5 Å². The standard InChI is InChI=1S/C19H16BrCl2N3O2/c20-15-10-24-25(11-15)8-7-23-19(26)14-4-1-3-13(9-14)12-27-17-6-2-5-16(21)18(17)22/h1-6,9-11H,7-8,12H2,(H,23,26). The number of carbonyl (C=O) groups excluding carboxylic acids is 1. The van der Waals surface area contributed by atoms with Crippen molar-refractivity contribution in [2.45, 2.75) is 13.2 Å². The summed E-state index contributed by atoms with van der Waals surface area (Å²) in [5.41, 5.74) is 1.42. The van der Waals surface area contributed by atoms with Gasteiger partial charge in [-0.15, -0.1) is 0 Å². The number of nitrogens with one attached hydrogen (secondary N) is 1. The number of amides is 1. The van der Waals surface area contributed by atoms with Crippen molar-refractivity contribution in [2.24, 2.45) is 0 Å². The Hall–Kier alpha value is -2.02. The third-order valence-electron chi connectivity index (χ3n) is 3.73. The SMILES string of the molecule is O=C(NCCn1cc(Br)cn1)c1cccc(COc2cccc(Cl)c2Cl)c1. The molecule has 2 aromatic carbocycles. The predicted molar refractivity (Wildman–Crippen MR) is 109 cm³/mol. The molecule has 3 aromatic rings. The molecule has 1 amide bonds. The van der Waals surface area contributed by atoms with Crippen LogP contribution in [0.5, 0.6) is 5.75 Å². The van der Waals surface area contributed by atoms with Gasteiger partial charge in [0.15, 0.2) is 0 Å². The van der Waals surface area contributed by atoms with Gasteiger partial charge in [0, 0.05) is 18.3 Å². The molecule has 0 aliphatic rings. The molecule has 3 rings (SSSR count). The Morgan fingerprint density at radius 3 is 2.81 bits per heavy atom. The first-order valence-corrected chi connectivity index (χ1v) is 9.70. The van der Waals surface area contributed by atoms with Crippen molar-refractivity contribution in [1.82, 2.24) is 15.1 Å². The van der Waals surface area contributed by atoms with Crippen LogP contribution in [-0.4, -0.2) is 22.2 Å². The average molecular weight is 469 g/mol. The zero-order valence-electron chi connectivity index (χ0n) is 14.2. The van der Waals surface area contributed by atoms with Crippen molar-refractivity contribution in [1.29, 1.82) is 0 Å². The van der Waals surface area contributed by atoms with E-state index in [1.807, 2.05) is 18.3 Å². The summed E-state index contributed by atoms with van der Waals surface area (Å²) in [6.07, 6.45) is 3.56. The van der Waals surface area contributed by atoms with Gasteiger partial charge in [-0.2, -0.15) is 5.10 Å². The molecule has 0 saturated carbocycles. The van der Waals surface area contributed by atoms with Crippen LogP contribution in [0.15, 0.2) is 59.3 Å². The lowest BCUT2D eigenvalue weighted by Gasteiger charge is -2.10. The van der Waals surface area contributed by atoms with Crippen molar-refractivity contribution in [2.75, 3.05) is 6.54 Å². The number of carbonyl (C=O) groups is 1. The van der Waals surface area contributed by atoms with Gasteiger partial charge in [0.25, 0.3) is 5.91 Å². The molecular weight excluding hydrogens is 453 g/mol. The van der Waals surface area contributed by atoms with E-state index in [1.54, 1.807) is 41.2 Å². The van der Waals surface area contributed by atoms with Gasteiger partial charge in [-0.25, -0.2) is 0 Å². The Morgan fingerprint density at radius 1 is 1.22 bits per heavy atom. The molecule has 1 aromatic heterocycles. The highest BCUT2D eigenvalue weighted by atomic mass is 79.9.